The molecule has 4 nitrogen and oxygen atoms in total. The Bertz CT molecular complexity index is 517. The van der Waals surface area contributed by atoms with Gasteiger partial charge in [-0.2, -0.15) is 0 Å². The SMILES string of the molecule is COc1ccc(NC(CC(C)=O)c2ccco2)cc1. The molecule has 2 aromatic rings. The smallest absolute Gasteiger partial charge is 0.132 e. The molecule has 2 rings (SSSR count). The number of hydrogen-bond acceptors (Lipinski definition) is 4. The standard InChI is InChI=1S/C15H17NO3/c1-11(17)10-14(15-4-3-9-19-15)16-12-5-7-13(18-2)8-6-12/h3-9,14,16H,10H2,1-2H3. The predicted molar refractivity (Wildman–Crippen MR) is 73.4 cm³/mol. The van der Waals surface area contributed by atoms with Crippen LogP contribution >= 0.6 is 0 Å². The lowest BCUT2D eigenvalue weighted by Crippen LogP contribution is -2.13. The lowest BCUT2D eigenvalue weighted by molar-refractivity contribution is -0.117. The van der Waals surface area contributed by atoms with Crippen LogP contribution in [0, 0.1) is 0 Å². The van der Waals surface area contributed by atoms with Crippen LogP contribution in [0.1, 0.15) is 25.1 Å². The Morgan fingerprint density at radius 2 is 2.05 bits per heavy atom. The second-order valence-electron chi connectivity index (χ2n) is 4.35. The van der Waals surface area contributed by atoms with Gasteiger partial charge in [-0.15, -0.1) is 0 Å². The van der Waals surface area contributed by atoms with Crippen molar-refractivity contribution in [3.8, 4) is 5.75 Å². The van der Waals surface area contributed by atoms with Crippen LogP contribution in [0.25, 0.3) is 0 Å². The number of nitrogens with one attached hydrogen (secondary N) is 1. The van der Waals surface area contributed by atoms with Crippen LogP contribution < -0.4 is 10.1 Å². The molecule has 1 unspecified atom stereocenters. The summed E-state index contributed by atoms with van der Waals surface area (Å²) in [7, 11) is 1.63. The van der Waals surface area contributed by atoms with Crippen LogP contribution in [0.5, 0.6) is 5.75 Å². The third kappa shape index (κ3) is 3.61. The molecule has 4 heteroatoms. The Kier molecular flexibility index (Phi) is 4.23. The van der Waals surface area contributed by atoms with Crippen molar-refractivity contribution in [2.75, 3.05) is 12.4 Å². The minimum Gasteiger partial charge on any atom is -0.497 e. The van der Waals surface area contributed by atoms with E-state index in [1.807, 2.05) is 36.4 Å². The Morgan fingerprint density at radius 1 is 1.32 bits per heavy atom. The van der Waals surface area contributed by atoms with Gasteiger partial charge >= 0.3 is 0 Å². The average Bonchev–Trinajstić information content (AvgIpc) is 2.92. The maximum absolute atomic E-state index is 11.3. The van der Waals surface area contributed by atoms with Crippen LogP contribution in [0.3, 0.4) is 0 Å². The monoisotopic (exact) mass is 259 g/mol. The van der Waals surface area contributed by atoms with E-state index in [2.05, 4.69) is 5.32 Å². The highest BCUT2D eigenvalue weighted by atomic mass is 16.5. The number of Topliss-reactive ketones (excluding diaryl/α,β-unsaturated/α-hetero) is 1. The highest BCUT2D eigenvalue weighted by molar-refractivity contribution is 5.76. The lowest BCUT2D eigenvalue weighted by atomic mass is 10.1. The van der Waals surface area contributed by atoms with Crippen molar-refractivity contribution in [3.05, 3.63) is 48.4 Å². The minimum absolute atomic E-state index is 0.113. The van der Waals surface area contributed by atoms with E-state index >= 15 is 0 Å². The van der Waals surface area contributed by atoms with E-state index in [1.165, 1.54) is 0 Å². The van der Waals surface area contributed by atoms with Gasteiger partial charge in [0.15, 0.2) is 0 Å². The molecule has 0 bridgehead atoms. The molecule has 0 aliphatic carbocycles. The quantitative estimate of drug-likeness (QED) is 0.863. The summed E-state index contributed by atoms with van der Waals surface area (Å²) < 4.78 is 10.5. The van der Waals surface area contributed by atoms with Gasteiger partial charge in [0.1, 0.15) is 17.3 Å². The third-order valence-electron chi connectivity index (χ3n) is 2.81. The van der Waals surface area contributed by atoms with Crippen molar-refractivity contribution in [1.29, 1.82) is 0 Å². The van der Waals surface area contributed by atoms with Gasteiger partial charge in [-0.1, -0.05) is 0 Å². The Morgan fingerprint density at radius 3 is 2.58 bits per heavy atom. The molecule has 1 N–H and O–H groups in total. The van der Waals surface area contributed by atoms with Gasteiger partial charge in [0.05, 0.1) is 19.4 Å². The Labute approximate surface area is 112 Å². The number of ether oxygens (including phenoxy) is 1. The summed E-state index contributed by atoms with van der Waals surface area (Å²) in [6, 6.07) is 11.1. The number of furan rings is 1. The van der Waals surface area contributed by atoms with E-state index in [1.54, 1.807) is 20.3 Å². The normalized spacial score (nSPS) is 11.9. The van der Waals surface area contributed by atoms with Crippen LogP contribution in [-0.4, -0.2) is 12.9 Å². The number of anilines is 1. The maximum Gasteiger partial charge on any atom is 0.132 e. The van der Waals surface area contributed by atoms with Gasteiger partial charge in [-0.25, -0.2) is 0 Å². The highest BCUT2D eigenvalue weighted by Gasteiger charge is 2.16. The van der Waals surface area contributed by atoms with Gasteiger partial charge in [-0.3, -0.25) is 4.79 Å². The molecule has 0 radical (unpaired) electrons. The molecule has 0 amide bonds. The molecule has 0 aliphatic rings. The summed E-state index contributed by atoms with van der Waals surface area (Å²) in [5, 5.41) is 3.29. The van der Waals surface area contributed by atoms with Gasteiger partial charge in [0.25, 0.3) is 0 Å². The van der Waals surface area contributed by atoms with Gasteiger partial charge in [0, 0.05) is 12.1 Å². The Hall–Kier alpha value is -2.23. The summed E-state index contributed by atoms with van der Waals surface area (Å²) in [5.74, 6) is 1.67. The fourth-order valence-corrected chi connectivity index (χ4v) is 1.89. The molecule has 100 valence electrons. The van der Waals surface area contributed by atoms with Crippen LogP contribution in [0.2, 0.25) is 0 Å². The number of rotatable bonds is 6. The molecular formula is C15H17NO3. The first-order chi connectivity index (χ1) is 9.19. The van der Waals surface area contributed by atoms with Crippen molar-refractivity contribution in [2.45, 2.75) is 19.4 Å². The first kappa shape index (κ1) is 13.2. The lowest BCUT2D eigenvalue weighted by Gasteiger charge is -2.16. The molecule has 1 heterocycles. The second-order valence-corrected chi connectivity index (χ2v) is 4.35. The molecule has 1 atom stereocenters. The first-order valence-corrected chi connectivity index (χ1v) is 6.12. The Balaban J connectivity index is 2.12. The maximum atomic E-state index is 11.3. The molecule has 19 heavy (non-hydrogen) atoms. The van der Waals surface area contributed by atoms with Crippen LogP contribution in [0.15, 0.2) is 47.1 Å². The van der Waals surface area contributed by atoms with Crippen molar-refractivity contribution >= 4 is 11.5 Å². The van der Waals surface area contributed by atoms with E-state index < -0.39 is 0 Å². The van der Waals surface area contributed by atoms with Crippen LogP contribution in [-0.2, 0) is 4.79 Å². The van der Waals surface area contributed by atoms with E-state index in [4.69, 9.17) is 9.15 Å². The topological polar surface area (TPSA) is 51.5 Å². The van der Waals surface area contributed by atoms with Crippen molar-refractivity contribution < 1.29 is 13.9 Å². The van der Waals surface area contributed by atoms with Gasteiger partial charge < -0.3 is 14.5 Å². The number of ketones is 1. The zero-order valence-corrected chi connectivity index (χ0v) is 11.1. The number of benzene rings is 1. The summed E-state index contributed by atoms with van der Waals surface area (Å²) >= 11 is 0. The predicted octanol–water partition coefficient (Wildman–Crippen LogP) is 3.42. The summed E-state index contributed by atoms with van der Waals surface area (Å²) in [6.45, 7) is 1.58. The molecule has 0 saturated carbocycles. The minimum atomic E-state index is -0.152. The number of hydrogen-bond donors (Lipinski definition) is 1. The number of carbonyl (C=O) groups is 1. The summed E-state index contributed by atoms with van der Waals surface area (Å²) in [4.78, 5) is 11.3. The molecule has 1 aromatic heterocycles. The molecule has 0 spiro atoms. The summed E-state index contributed by atoms with van der Waals surface area (Å²) in [6.07, 6.45) is 2.00. The second kappa shape index (κ2) is 6.09. The van der Waals surface area contributed by atoms with E-state index in [9.17, 15) is 4.79 Å². The van der Waals surface area contributed by atoms with Crippen molar-refractivity contribution in [2.24, 2.45) is 0 Å². The molecule has 0 aliphatic heterocycles. The van der Waals surface area contributed by atoms with Gasteiger partial charge in [-0.05, 0) is 43.3 Å². The van der Waals surface area contributed by atoms with Crippen molar-refractivity contribution in [1.82, 2.24) is 0 Å². The fraction of sp³-hybridized carbons (Fsp3) is 0.267. The zero-order chi connectivity index (χ0) is 13.7. The number of methoxy groups -OCH3 is 1. The average molecular weight is 259 g/mol. The zero-order valence-electron chi connectivity index (χ0n) is 11.1. The molecule has 0 fully saturated rings. The largest absolute Gasteiger partial charge is 0.497 e. The fourth-order valence-electron chi connectivity index (χ4n) is 1.89. The van der Waals surface area contributed by atoms with E-state index in [0.29, 0.717) is 6.42 Å². The van der Waals surface area contributed by atoms with E-state index in [-0.39, 0.29) is 11.8 Å². The van der Waals surface area contributed by atoms with Crippen molar-refractivity contribution in [3.63, 3.8) is 0 Å². The summed E-state index contributed by atoms with van der Waals surface area (Å²) in [5.41, 5.74) is 0.920. The third-order valence-corrected chi connectivity index (χ3v) is 2.81. The van der Waals surface area contributed by atoms with Gasteiger partial charge in [0.2, 0.25) is 0 Å². The molecule has 1 aromatic carbocycles. The first-order valence-electron chi connectivity index (χ1n) is 6.12. The molecular weight excluding hydrogens is 242 g/mol. The highest BCUT2D eigenvalue weighted by Crippen LogP contribution is 2.24. The molecule has 0 saturated heterocycles. The van der Waals surface area contributed by atoms with Crippen LogP contribution in [0.4, 0.5) is 5.69 Å². The number of carbonyl (C=O) groups excluding carboxylic acids is 1. The van der Waals surface area contributed by atoms with E-state index in [0.717, 1.165) is 17.2 Å².